The predicted octanol–water partition coefficient (Wildman–Crippen LogP) is 0.705. The third kappa shape index (κ3) is 4.79. The van der Waals surface area contributed by atoms with Gasteiger partial charge in [0.05, 0.1) is 4.88 Å². The third-order valence-electron chi connectivity index (χ3n) is 4.13. The van der Waals surface area contributed by atoms with E-state index in [2.05, 4.69) is 15.3 Å². The second-order valence-electron chi connectivity index (χ2n) is 5.89. The largest absolute Gasteiger partial charge is 0.477 e. The summed E-state index contributed by atoms with van der Waals surface area (Å²) in [5.74, 6) is -0.796. The molecule has 1 saturated heterocycles. The Labute approximate surface area is 159 Å². The molecule has 0 unspecified atom stereocenters. The number of amides is 2. The molecule has 2 aromatic rings. The van der Waals surface area contributed by atoms with Crippen molar-refractivity contribution < 1.29 is 19.5 Å². The number of nitrogens with one attached hydrogen (secondary N) is 1. The zero-order chi connectivity index (χ0) is 19.2. The lowest BCUT2D eigenvalue weighted by molar-refractivity contribution is -0.131. The number of carboxylic acids is 1. The van der Waals surface area contributed by atoms with E-state index in [0.717, 1.165) is 11.3 Å². The van der Waals surface area contributed by atoms with Gasteiger partial charge in [0.25, 0.3) is 5.91 Å². The van der Waals surface area contributed by atoms with Crippen molar-refractivity contribution in [1.82, 2.24) is 20.2 Å². The molecule has 0 radical (unpaired) electrons. The molecule has 0 spiro atoms. The average Bonchev–Trinajstić information content (AvgIpc) is 3.19. The number of carbonyl (C=O) groups is 3. The Kier molecular flexibility index (Phi) is 5.97. The van der Waals surface area contributed by atoms with Crippen LogP contribution in [0.2, 0.25) is 0 Å². The number of carboxylic acid groups (broad SMARTS) is 1. The molecular formula is C17H19N5O4S. The minimum absolute atomic E-state index is 0.0265. The van der Waals surface area contributed by atoms with Crippen LogP contribution in [0.5, 0.6) is 0 Å². The molecule has 10 heteroatoms. The van der Waals surface area contributed by atoms with E-state index in [-0.39, 0.29) is 29.7 Å². The molecule has 2 aromatic heterocycles. The van der Waals surface area contributed by atoms with Gasteiger partial charge in [0.2, 0.25) is 11.9 Å². The molecule has 2 amide bonds. The molecule has 0 bridgehead atoms. The number of carbonyl (C=O) groups excluding carboxylic acids is 2. The van der Waals surface area contributed by atoms with Gasteiger partial charge >= 0.3 is 5.97 Å². The summed E-state index contributed by atoms with van der Waals surface area (Å²) in [5, 5.41) is 11.5. The van der Waals surface area contributed by atoms with Gasteiger partial charge in [0.15, 0.2) is 0 Å². The van der Waals surface area contributed by atoms with E-state index in [4.69, 9.17) is 5.11 Å². The summed E-state index contributed by atoms with van der Waals surface area (Å²) in [6.45, 7) is 2.69. The van der Waals surface area contributed by atoms with Crippen LogP contribution in [0.25, 0.3) is 0 Å². The van der Waals surface area contributed by atoms with Gasteiger partial charge in [-0.25, -0.2) is 14.8 Å². The second-order valence-corrected chi connectivity index (χ2v) is 6.98. The zero-order valence-electron chi connectivity index (χ0n) is 14.5. The molecule has 1 aliphatic rings. The molecular weight excluding hydrogens is 370 g/mol. The summed E-state index contributed by atoms with van der Waals surface area (Å²) in [6.07, 6.45) is 3.58. The van der Waals surface area contributed by atoms with E-state index >= 15 is 0 Å². The van der Waals surface area contributed by atoms with Gasteiger partial charge in [-0.05, 0) is 18.2 Å². The lowest BCUT2D eigenvalue weighted by atomic mass is 10.2. The summed E-state index contributed by atoms with van der Waals surface area (Å²) < 4.78 is 0. The van der Waals surface area contributed by atoms with Crippen molar-refractivity contribution in [2.45, 2.75) is 6.42 Å². The number of hydrogen-bond donors (Lipinski definition) is 2. The lowest BCUT2D eigenvalue weighted by Gasteiger charge is -2.34. The number of aromatic carboxylic acids is 1. The fourth-order valence-electron chi connectivity index (χ4n) is 2.71. The average molecular weight is 389 g/mol. The van der Waals surface area contributed by atoms with Gasteiger partial charge in [0.1, 0.15) is 4.88 Å². The van der Waals surface area contributed by atoms with E-state index in [9.17, 15) is 14.4 Å². The first-order chi connectivity index (χ1) is 13.0. The smallest absolute Gasteiger partial charge is 0.345 e. The van der Waals surface area contributed by atoms with Crippen LogP contribution in [-0.2, 0) is 4.79 Å². The van der Waals surface area contributed by atoms with Crippen LogP contribution in [0.4, 0.5) is 5.95 Å². The van der Waals surface area contributed by atoms with Crippen LogP contribution >= 0.6 is 11.3 Å². The molecule has 0 aromatic carbocycles. The Morgan fingerprint density at radius 2 is 1.74 bits per heavy atom. The van der Waals surface area contributed by atoms with E-state index in [0.29, 0.717) is 37.0 Å². The van der Waals surface area contributed by atoms with E-state index < -0.39 is 5.97 Å². The topological polar surface area (TPSA) is 116 Å². The molecule has 2 N–H and O–H groups in total. The molecule has 3 heterocycles. The first-order valence-electron chi connectivity index (χ1n) is 8.45. The maximum Gasteiger partial charge on any atom is 0.345 e. The van der Waals surface area contributed by atoms with Crippen LogP contribution in [0.3, 0.4) is 0 Å². The highest BCUT2D eigenvalue weighted by atomic mass is 32.1. The molecule has 1 aliphatic heterocycles. The highest BCUT2D eigenvalue weighted by Gasteiger charge is 2.22. The first-order valence-corrected chi connectivity index (χ1v) is 9.27. The Morgan fingerprint density at radius 1 is 1.07 bits per heavy atom. The second kappa shape index (κ2) is 8.58. The fourth-order valence-corrected chi connectivity index (χ4v) is 3.47. The van der Waals surface area contributed by atoms with Gasteiger partial charge in [-0.1, -0.05) is 0 Å². The molecule has 1 fully saturated rings. The minimum Gasteiger partial charge on any atom is -0.477 e. The third-order valence-corrected chi connectivity index (χ3v) is 5.20. The molecule has 142 valence electrons. The van der Waals surface area contributed by atoms with Gasteiger partial charge in [-0.2, -0.15) is 0 Å². The standard InChI is InChI=1S/C17H19N5O4S/c23-14(4-7-18-15(24)12-2-3-13(27-12)16(25)26)21-8-10-22(11-9-21)17-19-5-1-6-20-17/h1-3,5-6H,4,7-11H2,(H,18,24)(H,25,26). The summed E-state index contributed by atoms with van der Waals surface area (Å²) in [4.78, 5) is 47.8. The van der Waals surface area contributed by atoms with Gasteiger partial charge in [0, 0.05) is 51.5 Å². The summed E-state index contributed by atoms with van der Waals surface area (Å²) in [6, 6.07) is 4.62. The Morgan fingerprint density at radius 3 is 2.37 bits per heavy atom. The highest BCUT2D eigenvalue weighted by Crippen LogP contribution is 2.16. The minimum atomic E-state index is -1.06. The summed E-state index contributed by atoms with van der Waals surface area (Å²) >= 11 is 0.910. The van der Waals surface area contributed by atoms with E-state index in [1.54, 1.807) is 23.4 Å². The normalized spacial score (nSPS) is 14.1. The monoisotopic (exact) mass is 389 g/mol. The van der Waals surface area contributed by atoms with Gasteiger partial charge in [-0.15, -0.1) is 11.3 Å². The molecule has 27 heavy (non-hydrogen) atoms. The highest BCUT2D eigenvalue weighted by molar-refractivity contribution is 7.15. The molecule has 0 atom stereocenters. The van der Waals surface area contributed by atoms with Gasteiger partial charge in [-0.3, -0.25) is 9.59 Å². The Hall–Kier alpha value is -3.01. The molecule has 0 saturated carbocycles. The summed E-state index contributed by atoms with van der Waals surface area (Å²) in [5.41, 5.74) is 0. The summed E-state index contributed by atoms with van der Waals surface area (Å²) in [7, 11) is 0. The van der Waals surface area contributed by atoms with Crippen molar-refractivity contribution in [3.8, 4) is 0 Å². The molecule has 9 nitrogen and oxygen atoms in total. The van der Waals surface area contributed by atoms with Crippen LogP contribution in [0, 0.1) is 0 Å². The maximum absolute atomic E-state index is 12.3. The predicted molar refractivity (Wildman–Crippen MR) is 99.1 cm³/mol. The maximum atomic E-state index is 12.3. The quantitative estimate of drug-likeness (QED) is 0.747. The van der Waals surface area contributed by atoms with Crippen molar-refractivity contribution in [2.24, 2.45) is 0 Å². The Bertz CT molecular complexity index is 818. The van der Waals surface area contributed by atoms with Crippen LogP contribution in [0.1, 0.15) is 25.8 Å². The first kappa shape index (κ1) is 18.8. The SMILES string of the molecule is O=C(O)c1ccc(C(=O)NCCC(=O)N2CCN(c3ncccn3)CC2)s1. The molecule has 0 aliphatic carbocycles. The van der Waals surface area contributed by atoms with Crippen LogP contribution < -0.4 is 10.2 Å². The fraction of sp³-hybridized carbons (Fsp3) is 0.353. The number of hydrogen-bond acceptors (Lipinski definition) is 7. The Balaban J connectivity index is 1.41. The van der Waals surface area contributed by atoms with E-state index in [1.165, 1.54) is 12.1 Å². The number of piperazine rings is 1. The zero-order valence-corrected chi connectivity index (χ0v) is 15.3. The van der Waals surface area contributed by atoms with Crippen molar-refractivity contribution in [3.63, 3.8) is 0 Å². The van der Waals surface area contributed by atoms with Crippen LogP contribution in [-0.4, -0.2) is 70.5 Å². The number of anilines is 1. The van der Waals surface area contributed by atoms with Gasteiger partial charge < -0.3 is 20.2 Å². The molecule has 3 rings (SSSR count). The number of nitrogens with zero attached hydrogens (tertiary/aromatic N) is 4. The number of thiophene rings is 1. The van der Waals surface area contributed by atoms with Crippen molar-refractivity contribution >= 4 is 35.1 Å². The van der Waals surface area contributed by atoms with Crippen molar-refractivity contribution in [1.29, 1.82) is 0 Å². The lowest BCUT2D eigenvalue weighted by Crippen LogP contribution is -2.49. The van der Waals surface area contributed by atoms with E-state index in [1.807, 2.05) is 4.90 Å². The number of aromatic nitrogens is 2. The van der Waals surface area contributed by atoms with Crippen molar-refractivity contribution in [3.05, 3.63) is 40.3 Å². The van der Waals surface area contributed by atoms with Crippen LogP contribution in [0.15, 0.2) is 30.6 Å². The number of rotatable bonds is 6. The van der Waals surface area contributed by atoms with Crippen molar-refractivity contribution in [2.75, 3.05) is 37.6 Å².